The molecule has 0 heterocycles. The van der Waals surface area contributed by atoms with Crippen molar-refractivity contribution in [1.82, 2.24) is 0 Å². The summed E-state index contributed by atoms with van der Waals surface area (Å²) in [6, 6.07) is 10.4. The first kappa shape index (κ1) is 15.8. The lowest BCUT2D eigenvalue weighted by atomic mass is 9.64. The normalized spacial score (nSPS) is 22.1. The minimum absolute atomic E-state index is 0.653. The van der Waals surface area contributed by atoms with Gasteiger partial charge in [-0.25, -0.2) is 0 Å². The number of rotatable bonds is 2. The maximum Gasteiger partial charge on any atom is 0.105 e. The molecule has 2 nitrogen and oxygen atoms in total. The molecular formula is C17H22INO. The van der Waals surface area contributed by atoms with E-state index in [0.29, 0.717) is 0 Å². The Bertz CT molecular complexity index is 479. The fraction of sp³-hybridized carbons (Fsp3) is 0.588. The number of benzene rings is 1. The van der Waals surface area contributed by atoms with Gasteiger partial charge in [-0.05, 0) is 60.1 Å². The van der Waals surface area contributed by atoms with Crippen molar-refractivity contribution in [2.24, 2.45) is 5.41 Å². The van der Waals surface area contributed by atoms with E-state index in [4.69, 9.17) is 0 Å². The highest BCUT2D eigenvalue weighted by Gasteiger charge is 2.48. The first-order valence-electron chi connectivity index (χ1n) is 7.41. The van der Waals surface area contributed by atoms with Gasteiger partial charge in [0.15, 0.2) is 0 Å². The predicted molar refractivity (Wildman–Crippen MR) is 89.1 cm³/mol. The molecule has 3 heteroatoms. The summed E-state index contributed by atoms with van der Waals surface area (Å²) in [7, 11) is 0. The van der Waals surface area contributed by atoms with Crippen molar-refractivity contribution >= 4 is 22.6 Å². The van der Waals surface area contributed by atoms with Gasteiger partial charge in [0.05, 0.1) is 11.5 Å². The van der Waals surface area contributed by atoms with Gasteiger partial charge >= 0.3 is 0 Å². The Morgan fingerprint density at radius 2 is 1.60 bits per heavy atom. The summed E-state index contributed by atoms with van der Waals surface area (Å²) in [6.07, 6.45) is 7.26. The molecule has 1 saturated carbocycles. The summed E-state index contributed by atoms with van der Waals surface area (Å²) in [5.74, 6) is 0. The minimum Gasteiger partial charge on any atom is -0.384 e. The van der Waals surface area contributed by atoms with Crippen LogP contribution in [-0.4, -0.2) is 5.11 Å². The highest BCUT2D eigenvalue weighted by atomic mass is 127. The van der Waals surface area contributed by atoms with E-state index >= 15 is 0 Å². The van der Waals surface area contributed by atoms with Crippen LogP contribution in [0.25, 0.3) is 0 Å². The molecule has 1 atom stereocenters. The van der Waals surface area contributed by atoms with E-state index in [2.05, 4.69) is 28.7 Å². The van der Waals surface area contributed by atoms with E-state index in [1.54, 1.807) is 0 Å². The average Bonchev–Trinajstić information content (AvgIpc) is 2.39. The Balaban J connectivity index is 2.36. The summed E-state index contributed by atoms with van der Waals surface area (Å²) in [5.41, 5.74) is -0.871. The predicted octanol–water partition coefficient (Wildman–Crippen LogP) is 4.75. The van der Waals surface area contributed by atoms with Gasteiger partial charge in [0.25, 0.3) is 0 Å². The quantitative estimate of drug-likeness (QED) is 0.749. The number of nitriles is 1. The molecule has 0 bridgehead atoms. The fourth-order valence-corrected chi connectivity index (χ4v) is 3.63. The smallest absolute Gasteiger partial charge is 0.105 e. The van der Waals surface area contributed by atoms with Gasteiger partial charge < -0.3 is 5.11 Å². The molecular weight excluding hydrogens is 361 g/mol. The Hall–Kier alpha value is -0.600. The van der Waals surface area contributed by atoms with Crippen LogP contribution in [0.3, 0.4) is 0 Å². The summed E-state index contributed by atoms with van der Waals surface area (Å²) in [6.45, 7) is 1.82. The van der Waals surface area contributed by atoms with Gasteiger partial charge in [-0.3, -0.25) is 0 Å². The summed E-state index contributed by atoms with van der Waals surface area (Å²) in [4.78, 5) is 0. The van der Waals surface area contributed by atoms with Crippen LogP contribution in [0, 0.1) is 20.3 Å². The maximum absolute atomic E-state index is 11.1. The molecule has 1 aliphatic carbocycles. The first-order chi connectivity index (χ1) is 9.52. The molecule has 0 spiro atoms. The molecule has 0 radical (unpaired) electrons. The van der Waals surface area contributed by atoms with Crippen molar-refractivity contribution in [3.8, 4) is 6.07 Å². The molecule has 1 aromatic rings. The zero-order chi connectivity index (χ0) is 14.6. The van der Waals surface area contributed by atoms with Crippen molar-refractivity contribution in [3.63, 3.8) is 0 Å². The summed E-state index contributed by atoms with van der Waals surface area (Å²) < 4.78 is 1.14. The largest absolute Gasteiger partial charge is 0.384 e. The SMILES string of the molecule is CC(O)(c1ccc(I)cc1)C1(C#N)CCCCCCC1. The van der Waals surface area contributed by atoms with Crippen LogP contribution < -0.4 is 0 Å². The van der Waals surface area contributed by atoms with Gasteiger partial charge in [-0.15, -0.1) is 0 Å². The molecule has 0 aromatic heterocycles. The third kappa shape index (κ3) is 3.01. The lowest BCUT2D eigenvalue weighted by molar-refractivity contribution is -0.0582. The molecule has 0 amide bonds. The molecule has 2 rings (SSSR count). The number of halogens is 1. The Labute approximate surface area is 135 Å². The molecule has 0 saturated heterocycles. The third-order valence-corrected chi connectivity index (χ3v) is 5.48. The maximum atomic E-state index is 11.1. The topological polar surface area (TPSA) is 44.0 Å². The van der Waals surface area contributed by atoms with Gasteiger partial charge in [0.1, 0.15) is 5.60 Å². The number of hydrogen-bond acceptors (Lipinski definition) is 2. The Morgan fingerprint density at radius 3 is 2.10 bits per heavy atom. The Kier molecular flexibility index (Phi) is 5.09. The van der Waals surface area contributed by atoms with Gasteiger partial charge in [0.2, 0.25) is 0 Å². The average molecular weight is 383 g/mol. The summed E-state index contributed by atoms with van der Waals surface area (Å²) in [5, 5.41) is 20.9. The van der Waals surface area contributed by atoms with Crippen LogP contribution in [0.1, 0.15) is 57.4 Å². The van der Waals surface area contributed by atoms with E-state index < -0.39 is 11.0 Å². The van der Waals surface area contributed by atoms with E-state index in [9.17, 15) is 10.4 Å². The van der Waals surface area contributed by atoms with Crippen LogP contribution in [-0.2, 0) is 5.60 Å². The van der Waals surface area contributed by atoms with Crippen LogP contribution in [0.2, 0.25) is 0 Å². The highest BCUT2D eigenvalue weighted by molar-refractivity contribution is 14.1. The monoisotopic (exact) mass is 383 g/mol. The van der Waals surface area contributed by atoms with Crippen LogP contribution in [0.5, 0.6) is 0 Å². The standard InChI is InChI=1S/C17H22INO/c1-16(20,14-7-9-15(18)10-8-14)17(13-19)11-5-3-2-4-6-12-17/h7-10,20H,2-6,11-12H2,1H3. The molecule has 1 fully saturated rings. The minimum atomic E-state index is -1.08. The lowest BCUT2D eigenvalue weighted by Gasteiger charge is -2.42. The number of hydrogen-bond donors (Lipinski definition) is 1. The van der Waals surface area contributed by atoms with Crippen molar-refractivity contribution in [3.05, 3.63) is 33.4 Å². The molecule has 1 unspecified atom stereocenters. The molecule has 108 valence electrons. The second kappa shape index (κ2) is 6.44. The molecule has 20 heavy (non-hydrogen) atoms. The number of aliphatic hydroxyl groups is 1. The van der Waals surface area contributed by atoms with Crippen molar-refractivity contribution in [2.45, 2.75) is 57.5 Å². The second-order valence-electron chi connectivity index (χ2n) is 6.04. The number of nitrogens with zero attached hydrogens (tertiary/aromatic N) is 1. The van der Waals surface area contributed by atoms with Crippen LogP contribution in [0.15, 0.2) is 24.3 Å². The zero-order valence-corrected chi connectivity index (χ0v) is 14.2. The Morgan fingerprint density at radius 1 is 1.10 bits per heavy atom. The van der Waals surface area contributed by atoms with Crippen LogP contribution in [0.4, 0.5) is 0 Å². The van der Waals surface area contributed by atoms with E-state index in [1.807, 2.05) is 31.2 Å². The highest BCUT2D eigenvalue weighted by Crippen LogP contribution is 2.48. The lowest BCUT2D eigenvalue weighted by Crippen LogP contribution is -2.43. The van der Waals surface area contributed by atoms with Gasteiger partial charge in [0, 0.05) is 3.57 Å². The fourth-order valence-electron chi connectivity index (χ4n) is 3.27. The molecule has 0 aliphatic heterocycles. The van der Waals surface area contributed by atoms with E-state index in [0.717, 1.165) is 34.8 Å². The van der Waals surface area contributed by atoms with Crippen molar-refractivity contribution < 1.29 is 5.11 Å². The van der Waals surface area contributed by atoms with E-state index in [-0.39, 0.29) is 0 Å². The molecule has 1 N–H and O–H groups in total. The third-order valence-electron chi connectivity index (χ3n) is 4.76. The van der Waals surface area contributed by atoms with Gasteiger partial charge in [-0.2, -0.15) is 5.26 Å². The zero-order valence-electron chi connectivity index (χ0n) is 12.0. The summed E-state index contributed by atoms with van der Waals surface area (Å²) >= 11 is 2.26. The van der Waals surface area contributed by atoms with Gasteiger partial charge in [-0.1, -0.05) is 44.2 Å². The van der Waals surface area contributed by atoms with Crippen LogP contribution >= 0.6 is 22.6 Å². The first-order valence-corrected chi connectivity index (χ1v) is 8.49. The second-order valence-corrected chi connectivity index (χ2v) is 7.29. The molecule has 1 aliphatic rings. The van der Waals surface area contributed by atoms with Crippen molar-refractivity contribution in [2.75, 3.05) is 0 Å². The van der Waals surface area contributed by atoms with E-state index in [1.165, 1.54) is 19.3 Å². The molecule has 1 aromatic carbocycles. The van der Waals surface area contributed by atoms with Crippen molar-refractivity contribution in [1.29, 1.82) is 5.26 Å².